The van der Waals surface area contributed by atoms with Crippen molar-refractivity contribution in [2.75, 3.05) is 4.90 Å². The smallest absolute Gasteiger partial charge is 0.295 e. The number of aryl methyl sites for hydroxylation is 1. The summed E-state index contributed by atoms with van der Waals surface area (Å²) >= 11 is 0. The molecule has 0 saturated heterocycles. The third-order valence-electron chi connectivity index (χ3n) is 5.97. The first-order valence-corrected chi connectivity index (χ1v) is 11.3. The summed E-state index contributed by atoms with van der Waals surface area (Å²) in [5.41, 5.74) is 0.841. The second kappa shape index (κ2) is 9.90. The van der Waals surface area contributed by atoms with Gasteiger partial charge < -0.3 is 14.2 Å². The van der Waals surface area contributed by atoms with Crippen LogP contribution in [0.3, 0.4) is 0 Å². The molecule has 7 nitrogen and oxygen atoms in total. The van der Waals surface area contributed by atoms with Crippen LogP contribution in [0, 0.1) is 6.92 Å². The number of Topliss-reactive ketones (excluding diaryl/α,β-unsaturated/α-hetero) is 1. The lowest BCUT2D eigenvalue weighted by atomic mass is 9.95. The molecule has 2 heterocycles. The number of amides is 2. The number of carbonyl (C=O) groups excluding carboxylic acids is 3. The van der Waals surface area contributed by atoms with Gasteiger partial charge in [-0.2, -0.15) is 0 Å². The fourth-order valence-corrected chi connectivity index (χ4v) is 4.28. The molecule has 33 heavy (non-hydrogen) atoms. The largest absolute Gasteiger partial charge is 0.464 e. The Morgan fingerprint density at radius 2 is 1.82 bits per heavy atom. The minimum absolute atomic E-state index is 0.0499. The number of carbonyl (C=O) groups is 3. The van der Waals surface area contributed by atoms with E-state index in [9.17, 15) is 14.4 Å². The standard InChI is InChI=1S/C26H28N2O5/c1-17-13-14-22(33-17)24(25(30)27-20-9-4-3-5-10-20)28(26(31)23-12-7-15-32-23)21-11-6-8-19(16-21)18(2)29/h6-8,11-16,20,24H,3-5,9-10H2,1-2H3,(H,27,30)/t24-/m1/s1. The van der Waals surface area contributed by atoms with Crippen molar-refractivity contribution < 1.29 is 23.2 Å². The molecule has 3 aromatic rings. The van der Waals surface area contributed by atoms with Crippen LogP contribution in [0.4, 0.5) is 5.69 Å². The van der Waals surface area contributed by atoms with Gasteiger partial charge >= 0.3 is 0 Å². The molecule has 0 bridgehead atoms. The van der Waals surface area contributed by atoms with E-state index >= 15 is 0 Å². The zero-order chi connectivity index (χ0) is 23.4. The molecule has 2 amide bonds. The van der Waals surface area contributed by atoms with Gasteiger partial charge in [-0.15, -0.1) is 0 Å². The lowest BCUT2D eigenvalue weighted by Crippen LogP contribution is -2.47. The minimum atomic E-state index is -1.07. The zero-order valence-electron chi connectivity index (χ0n) is 18.9. The molecule has 0 aliphatic heterocycles. The summed E-state index contributed by atoms with van der Waals surface area (Å²) in [6.07, 6.45) is 6.50. The predicted octanol–water partition coefficient (Wildman–Crippen LogP) is 5.22. The lowest BCUT2D eigenvalue weighted by Gasteiger charge is -2.31. The van der Waals surface area contributed by atoms with Crippen LogP contribution in [-0.2, 0) is 4.79 Å². The molecule has 1 N–H and O–H groups in total. The molecular weight excluding hydrogens is 420 g/mol. The maximum atomic E-state index is 13.7. The maximum absolute atomic E-state index is 13.7. The summed E-state index contributed by atoms with van der Waals surface area (Å²) in [6.45, 7) is 3.25. The highest BCUT2D eigenvalue weighted by Crippen LogP contribution is 2.32. The highest BCUT2D eigenvalue weighted by atomic mass is 16.3. The summed E-state index contributed by atoms with van der Waals surface area (Å²) in [4.78, 5) is 40.7. The number of nitrogens with zero attached hydrogens (tertiary/aromatic N) is 1. The SMILES string of the molecule is CC(=O)c1cccc(N(C(=O)c2ccco2)[C@@H](C(=O)NC2CCCCC2)c2ccc(C)o2)c1. The molecule has 7 heteroatoms. The molecule has 2 aromatic heterocycles. The average molecular weight is 449 g/mol. The minimum Gasteiger partial charge on any atom is -0.464 e. The molecule has 172 valence electrons. The third kappa shape index (κ3) is 5.08. The summed E-state index contributed by atoms with van der Waals surface area (Å²) in [7, 11) is 0. The van der Waals surface area contributed by atoms with Crippen LogP contribution in [-0.4, -0.2) is 23.6 Å². The number of hydrogen-bond donors (Lipinski definition) is 1. The molecular formula is C26H28N2O5. The van der Waals surface area contributed by atoms with Crippen LogP contribution in [0.25, 0.3) is 0 Å². The van der Waals surface area contributed by atoms with Gasteiger partial charge in [0.05, 0.1) is 6.26 Å². The molecule has 1 aliphatic rings. The maximum Gasteiger partial charge on any atom is 0.295 e. The normalized spacial score (nSPS) is 15.1. The van der Waals surface area contributed by atoms with Gasteiger partial charge in [-0.1, -0.05) is 31.4 Å². The van der Waals surface area contributed by atoms with E-state index < -0.39 is 11.9 Å². The Morgan fingerprint density at radius 3 is 2.45 bits per heavy atom. The van der Waals surface area contributed by atoms with Crippen LogP contribution in [0.1, 0.15) is 77.5 Å². The van der Waals surface area contributed by atoms with Crippen LogP contribution in [0.5, 0.6) is 0 Å². The second-order valence-electron chi connectivity index (χ2n) is 8.45. The topological polar surface area (TPSA) is 92.8 Å². The number of ketones is 1. The van der Waals surface area contributed by atoms with E-state index in [-0.39, 0.29) is 23.5 Å². The van der Waals surface area contributed by atoms with Crippen LogP contribution >= 0.6 is 0 Å². The summed E-state index contributed by atoms with van der Waals surface area (Å²) in [6, 6.07) is 12.3. The van der Waals surface area contributed by atoms with E-state index in [4.69, 9.17) is 8.83 Å². The van der Waals surface area contributed by atoms with Crippen molar-refractivity contribution in [3.63, 3.8) is 0 Å². The van der Waals surface area contributed by atoms with Crippen LogP contribution < -0.4 is 10.2 Å². The van der Waals surface area contributed by atoms with E-state index in [0.717, 1.165) is 32.1 Å². The number of hydrogen-bond acceptors (Lipinski definition) is 5. The lowest BCUT2D eigenvalue weighted by molar-refractivity contribution is -0.123. The first-order valence-electron chi connectivity index (χ1n) is 11.3. The van der Waals surface area contributed by atoms with Gasteiger partial charge in [0.1, 0.15) is 11.5 Å². The van der Waals surface area contributed by atoms with Crippen molar-refractivity contribution >= 4 is 23.3 Å². The first-order chi connectivity index (χ1) is 15.9. The Labute approximate surface area is 192 Å². The Kier molecular flexibility index (Phi) is 6.77. The van der Waals surface area contributed by atoms with Crippen LogP contribution in [0.2, 0.25) is 0 Å². The molecule has 1 atom stereocenters. The van der Waals surface area contributed by atoms with E-state index in [1.54, 1.807) is 55.5 Å². The Bertz CT molecular complexity index is 1130. The third-order valence-corrected chi connectivity index (χ3v) is 5.97. The fraction of sp³-hybridized carbons (Fsp3) is 0.346. The molecule has 0 spiro atoms. The van der Waals surface area contributed by atoms with Crippen molar-refractivity contribution in [1.82, 2.24) is 5.32 Å². The van der Waals surface area contributed by atoms with Gasteiger partial charge in [-0.3, -0.25) is 19.3 Å². The van der Waals surface area contributed by atoms with Crippen molar-refractivity contribution in [1.29, 1.82) is 0 Å². The van der Waals surface area contributed by atoms with Gasteiger partial charge in [-0.05, 0) is 63.1 Å². The monoisotopic (exact) mass is 448 g/mol. The van der Waals surface area contributed by atoms with E-state index in [2.05, 4.69) is 5.32 Å². The molecule has 0 radical (unpaired) electrons. The number of anilines is 1. The number of benzene rings is 1. The molecule has 1 fully saturated rings. The van der Waals surface area contributed by atoms with Crippen molar-refractivity contribution in [3.05, 3.63) is 77.6 Å². The van der Waals surface area contributed by atoms with Gasteiger partial charge in [0.15, 0.2) is 17.6 Å². The van der Waals surface area contributed by atoms with Crippen molar-refractivity contribution in [2.45, 2.75) is 58.0 Å². The molecule has 0 unspecified atom stereocenters. The summed E-state index contributed by atoms with van der Waals surface area (Å²) in [5.74, 6) is 0.0847. The summed E-state index contributed by atoms with van der Waals surface area (Å²) in [5, 5.41) is 3.12. The highest BCUT2D eigenvalue weighted by Gasteiger charge is 2.37. The van der Waals surface area contributed by atoms with Gasteiger partial charge in [0.25, 0.3) is 11.8 Å². The van der Waals surface area contributed by atoms with Crippen LogP contribution in [0.15, 0.2) is 63.6 Å². The first kappa shape index (κ1) is 22.6. The van der Waals surface area contributed by atoms with Crippen molar-refractivity contribution in [2.24, 2.45) is 0 Å². The summed E-state index contributed by atoms with van der Waals surface area (Å²) < 4.78 is 11.2. The number of nitrogens with one attached hydrogen (secondary N) is 1. The zero-order valence-corrected chi connectivity index (χ0v) is 18.9. The number of furan rings is 2. The Balaban J connectivity index is 1.80. The Hall–Kier alpha value is -3.61. The van der Waals surface area contributed by atoms with E-state index in [1.165, 1.54) is 18.1 Å². The van der Waals surface area contributed by atoms with Gasteiger partial charge in [0.2, 0.25) is 0 Å². The predicted molar refractivity (Wildman–Crippen MR) is 123 cm³/mol. The average Bonchev–Trinajstić information content (AvgIpc) is 3.50. The highest BCUT2D eigenvalue weighted by molar-refractivity contribution is 6.09. The molecule has 4 rings (SSSR count). The van der Waals surface area contributed by atoms with E-state index in [1.807, 2.05) is 0 Å². The van der Waals surface area contributed by atoms with Gasteiger partial charge in [-0.25, -0.2) is 0 Å². The Morgan fingerprint density at radius 1 is 1.03 bits per heavy atom. The second-order valence-corrected chi connectivity index (χ2v) is 8.45. The number of rotatable bonds is 7. The molecule has 1 saturated carbocycles. The van der Waals surface area contributed by atoms with Crippen molar-refractivity contribution in [3.8, 4) is 0 Å². The molecule has 1 aliphatic carbocycles. The fourth-order valence-electron chi connectivity index (χ4n) is 4.28. The quantitative estimate of drug-likeness (QED) is 0.500. The van der Waals surface area contributed by atoms with E-state index in [0.29, 0.717) is 22.8 Å². The van der Waals surface area contributed by atoms with Gasteiger partial charge in [0, 0.05) is 17.3 Å². The molecule has 1 aromatic carbocycles.